The molecule has 1 fully saturated rings. The monoisotopic (exact) mass is 210 g/mol. The van der Waals surface area contributed by atoms with Crippen molar-refractivity contribution < 1.29 is 9.53 Å². The molecular formula is C11H18N2O2. The Labute approximate surface area is 90.3 Å². The second kappa shape index (κ2) is 3.85. The maximum absolute atomic E-state index is 11.2. The van der Waals surface area contributed by atoms with Gasteiger partial charge in [-0.3, -0.25) is 0 Å². The predicted octanol–water partition coefficient (Wildman–Crippen LogP) is 1.48. The van der Waals surface area contributed by atoms with Crippen molar-refractivity contribution >= 4 is 6.09 Å². The summed E-state index contributed by atoms with van der Waals surface area (Å²) in [6.45, 7) is 6.47. The van der Waals surface area contributed by atoms with E-state index in [2.05, 4.69) is 24.1 Å². The molecule has 2 aliphatic heterocycles. The molecule has 4 heteroatoms. The Bertz CT molecular complexity index is 278. The first-order valence-electron chi connectivity index (χ1n) is 5.52. The molecule has 15 heavy (non-hydrogen) atoms. The van der Waals surface area contributed by atoms with Crippen LogP contribution in [0.2, 0.25) is 0 Å². The third kappa shape index (κ3) is 2.15. The molecule has 1 N–H and O–H groups in total. The summed E-state index contributed by atoms with van der Waals surface area (Å²) in [6, 6.07) is 0.585. The van der Waals surface area contributed by atoms with Gasteiger partial charge in [-0.2, -0.15) is 0 Å². The SMILES string of the molecule is CC(C)N1CCC2(C=COC(=O)N2)CC1. The van der Waals surface area contributed by atoms with Crippen LogP contribution in [0.1, 0.15) is 26.7 Å². The molecule has 0 saturated carbocycles. The number of cyclic esters (lactones) is 1. The number of nitrogens with one attached hydrogen (secondary N) is 1. The zero-order chi connectivity index (χ0) is 10.9. The summed E-state index contributed by atoms with van der Waals surface area (Å²) in [4.78, 5) is 13.6. The highest BCUT2D eigenvalue weighted by atomic mass is 16.5. The van der Waals surface area contributed by atoms with Gasteiger partial charge in [0, 0.05) is 19.1 Å². The molecule has 0 atom stereocenters. The maximum Gasteiger partial charge on any atom is 0.412 e. The smallest absolute Gasteiger partial charge is 0.412 e. The molecule has 1 saturated heterocycles. The highest BCUT2D eigenvalue weighted by Gasteiger charge is 2.36. The molecule has 0 aliphatic carbocycles. The molecule has 0 aromatic heterocycles. The van der Waals surface area contributed by atoms with E-state index in [4.69, 9.17) is 4.74 Å². The minimum atomic E-state index is -0.324. The Kier molecular flexibility index (Phi) is 2.69. The van der Waals surface area contributed by atoms with Crippen molar-refractivity contribution in [3.63, 3.8) is 0 Å². The summed E-state index contributed by atoms with van der Waals surface area (Å²) in [5, 5.41) is 2.92. The first-order valence-corrected chi connectivity index (χ1v) is 5.52. The van der Waals surface area contributed by atoms with E-state index in [1.54, 1.807) is 0 Å². The van der Waals surface area contributed by atoms with E-state index in [1.807, 2.05) is 6.08 Å². The van der Waals surface area contributed by atoms with Crippen LogP contribution in [-0.4, -0.2) is 35.7 Å². The van der Waals surface area contributed by atoms with Gasteiger partial charge in [-0.05, 0) is 32.8 Å². The largest absolute Gasteiger partial charge is 0.419 e. The van der Waals surface area contributed by atoms with E-state index in [0.717, 1.165) is 25.9 Å². The van der Waals surface area contributed by atoms with Crippen LogP contribution in [0.3, 0.4) is 0 Å². The van der Waals surface area contributed by atoms with E-state index < -0.39 is 0 Å². The lowest BCUT2D eigenvalue weighted by atomic mass is 9.87. The summed E-state index contributed by atoms with van der Waals surface area (Å²) in [7, 11) is 0. The molecule has 2 aliphatic rings. The Balaban J connectivity index is 2.00. The van der Waals surface area contributed by atoms with Crippen molar-refractivity contribution in [1.29, 1.82) is 0 Å². The molecule has 2 heterocycles. The summed E-state index contributed by atoms with van der Waals surface area (Å²) >= 11 is 0. The van der Waals surface area contributed by atoms with Crippen LogP contribution in [0.15, 0.2) is 12.3 Å². The number of carbonyl (C=O) groups is 1. The Morgan fingerprint density at radius 3 is 2.67 bits per heavy atom. The molecule has 0 bridgehead atoms. The summed E-state index contributed by atoms with van der Waals surface area (Å²) in [5.74, 6) is 0. The topological polar surface area (TPSA) is 41.6 Å². The van der Waals surface area contributed by atoms with Gasteiger partial charge in [-0.25, -0.2) is 4.79 Å². The predicted molar refractivity (Wildman–Crippen MR) is 57.4 cm³/mol. The first kappa shape index (κ1) is 10.5. The zero-order valence-electron chi connectivity index (χ0n) is 9.32. The van der Waals surface area contributed by atoms with E-state index in [-0.39, 0.29) is 11.6 Å². The number of hydrogen-bond donors (Lipinski definition) is 1. The fourth-order valence-electron chi connectivity index (χ4n) is 2.23. The lowest BCUT2D eigenvalue weighted by Crippen LogP contribution is -2.56. The van der Waals surface area contributed by atoms with Crippen LogP contribution in [0.5, 0.6) is 0 Å². The number of likely N-dealkylation sites (tertiary alicyclic amines) is 1. The van der Waals surface area contributed by atoms with Gasteiger partial charge in [0.25, 0.3) is 0 Å². The average Bonchev–Trinajstić information content (AvgIpc) is 2.18. The Hall–Kier alpha value is -1.03. The molecule has 1 amide bonds. The number of hydrogen-bond acceptors (Lipinski definition) is 3. The number of amides is 1. The summed E-state index contributed by atoms with van der Waals surface area (Å²) in [5.41, 5.74) is -0.152. The van der Waals surface area contributed by atoms with Crippen molar-refractivity contribution in [1.82, 2.24) is 10.2 Å². The van der Waals surface area contributed by atoms with Crippen LogP contribution >= 0.6 is 0 Å². The normalized spacial score (nSPS) is 25.4. The molecule has 1 spiro atoms. The van der Waals surface area contributed by atoms with Crippen LogP contribution in [0.4, 0.5) is 4.79 Å². The maximum atomic E-state index is 11.2. The van der Waals surface area contributed by atoms with E-state index in [0.29, 0.717) is 6.04 Å². The molecule has 84 valence electrons. The zero-order valence-corrected chi connectivity index (χ0v) is 9.32. The molecule has 0 unspecified atom stereocenters. The fourth-order valence-corrected chi connectivity index (χ4v) is 2.23. The van der Waals surface area contributed by atoms with Gasteiger partial charge in [-0.15, -0.1) is 0 Å². The minimum Gasteiger partial charge on any atom is -0.419 e. The average molecular weight is 210 g/mol. The van der Waals surface area contributed by atoms with Crippen LogP contribution in [-0.2, 0) is 4.74 Å². The van der Waals surface area contributed by atoms with Crippen LogP contribution < -0.4 is 5.32 Å². The number of alkyl carbamates (subject to hydrolysis) is 1. The summed E-state index contributed by atoms with van der Waals surface area (Å²) < 4.78 is 4.74. The van der Waals surface area contributed by atoms with Crippen molar-refractivity contribution in [3.05, 3.63) is 12.3 Å². The third-order valence-corrected chi connectivity index (χ3v) is 3.33. The third-order valence-electron chi connectivity index (χ3n) is 3.33. The highest BCUT2D eigenvalue weighted by Crippen LogP contribution is 2.26. The van der Waals surface area contributed by atoms with Gasteiger partial charge in [0.1, 0.15) is 0 Å². The van der Waals surface area contributed by atoms with Gasteiger partial charge < -0.3 is 15.0 Å². The molecular weight excluding hydrogens is 192 g/mol. The number of carbonyl (C=O) groups excluding carboxylic acids is 1. The van der Waals surface area contributed by atoms with Gasteiger partial charge in [0.15, 0.2) is 0 Å². The van der Waals surface area contributed by atoms with Gasteiger partial charge in [0.05, 0.1) is 11.8 Å². The lowest BCUT2D eigenvalue weighted by Gasteiger charge is -2.42. The molecule has 2 rings (SSSR count). The number of ether oxygens (including phenoxy) is 1. The molecule has 4 nitrogen and oxygen atoms in total. The lowest BCUT2D eigenvalue weighted by molar-refractivity contribution is 0.112. The minimum absolute atomic E-state index is 0.152. The summed E-state index contributed by atoms with van der Waals surface area (Å²) in [6.07, 6.45) is 5.11. The van der Waals surface area contributed by atoms with Crippen LogP contribution in [0, 0.1) is 0 Å². The van der Waals surface area contributed by atoms with Crippen LogP contribution in [0.25, 0.3) is 0 Å². The Morgan fingerprint density at radius 2 is 2.13 bits per heavy atom. The fraction of sp³-hybridized carbons (Fsp3) is 0.727. The Morgan fingerprint density at radius 1 is 1.47 bits per heavy atom. The van der Waals surface area contributed by atoms with Crippen molar-refractivity contribution in [3.8, 4) is 0 Å². The van der Waals surface area contributed by atoms with Gasteiger partial charge in [-0.1, -0.05) is 0 Å². The van der Waals surface area contributed by atoms with Crippen molar-refractivity contribution in [2.24, 2.45) is 0 Å². The molecule has 0 radical (unpaired) electrons. The van der Waals surface area contributed by atoms with E-state index in [9.17, 15) is 4.79 Å². The number of nitrogens with zero attached hydrogens (tertiary/aromatic N) is 1. The second-order valence-corrected chi connectivity index (χ2v) is 4.62. The highest BCUT2D eigenvalue weighted by molar-refractivity contribution is 5.70. The van der Waals surface area contributed by atoms with E-state index in [1.165, 1.54) is 6.26 Å². The van der Waals surface area contributed by atoms with E-state index >= 15 is 0 Å². The van der Waals surface area contributed by atoms with Gasteiger partial charge in [0.2, 0.25) is 0 Å². The quantitative estimate of drug-likeness (QED) is 0.712. The number of rotatable bonds is 1. The van der Waals surface area contributed by atoms with Crippen molar-refractivity contribution in [2.75, 3.05) is 13.1 Å². The van der Waals surface area contributed by atoms with Gasteiger partial charge >= 0.3 is 6.09 Å². The first-order chi connectivity index (χ1) is 7.11. The molecule has 0 aromatic rings. The standard InChI is InChI=1S/C11H18N2O2/c1-9(2)13-6-3-11(4-7-13)5-8-15-10(14)12-11/h5,8-9H,3-4,6-7H2,1-2H3,(H,12,14). The number of piperidine rings is 1. The molecule has 0 aromatic carbocycles. The second-order valence-electron chi connectivity index (χ2n) is 4.62. The van der Waals surface area contributed by atoms with Crippen molar-refractivity contribution in [2.45, 2.75) is 38.3 Å².